The average Bonchev–Trinajstić information content (AvgIpc) is 2.16. The second kappa shape index (κ2) is 4.60. The van der Waals surface area contributed by atoms with Gasteiger partial charge >= 0.3 is 5.97 Å². The number of carboxylic acid groups (broad SMARTS) is 1. The molecule has 0 aliphatic rings. The van der Waals surface area contributed by atoms with Crippen LogP contribution in [0.15, 0.2) is 24.3 Å². The summed E-state index contributed by atoms with van der Waals surface area (Å²) < 4.78 is 17.6. The molecule has 0 saturated carbocycles. The van der Waals surface area contributed by atoms with Gasteiger partial charge in [-0.05, 0) is 30.7 Å². The van der Waals surface area contributed by atoms with Gasteiger partial charge in [0.15, 0.2) is 6.10 Å². The lowest BCUT2D eigenvalue weighted by Gasteiger charge is -2.12. The maximum Gasteiger partial charge on any atom is 0.344 e. The number of aliphatic carboxylic acids is 1. The molecule has 0 amide bonds. The number of ether oxygens (including phenoxy) is 1. The molecule has 4 heteroatoms. The molecule has 3 nitrogen and oxygen atoms in total. The lowest BCUT2D eigenvalue weighted by atomic mass is 10.2. The van der Waals surface area contributed by atoms with Gasteiger partial charge in [-0.25, -0.2) is 9.18 Å². The van der Waals surface area contributed by atoms with E-state index in [1.807, 2.05) is 0 Å². The molecule has 1 aromatic carbocycles. The fourth-order valence-corrected chi connectivity index (χ4v) is 0.986. The van der Waals surface area contributed by atoms with Crippen LogP contribution in [-0.2, 0) is 4.79 Å². The van der Waals surface area contributed by atoms with Crippen LogP contribution >= 0.6 is 0 Å². The van der Waals surface area contributed by atoms with Gasteiger partial charge in [-0.15, -0.1) is 0 Å². The first kappa shape index (κ1) is 10.5. The number of hydrogen-bond donors (Lipinski definition) is 1. The van der Waals surface area contributed by atoms with Gasteiger partial charge in [0.25, 0.3) is 0 Å². The van der Waals surface area contributed by atoms with Gasteiger partial charge < -0.3 is 9.84 Å². The Balaban J connectivity index is 2.67. The number of rotatable bonds is 4. The smallest absolute Gasteiger partial charge is 0.344 e. The van der Waals surface area contributed by atoms with E-state index >= 15 is 0 Å². The van der Waals surface area contributed by atoms with Crippen LogP contribution in [0.4, 0.5) is 4.39 Å². The molecule has 0 unspecified atom stereocenters. The first-order valence-corrected chi connectivity index (χ1v) is 4.28. The van der Waals surface area contributed by atoms with E-state index in [0.29, 0.717) is 12.2 Å². The van der Waals surface area contributed by atoms with Crippen LogP contribution in [0.5, 0.6) is 5.75 Å². The van der Waals surface area contributed by atoms with E-state index in [2.05, 4.69) is 0 Å². The third-order valence-corrected chi connectivity index (χ3v) is 1.74. The van der Waals surface area contributed by atoms with E-state index in [0.717, 1.165) is 0 Å². The highest BCUT2D eigenvalue weighted by Crippen LogP contribution is 2.14. The molecule has 1 N–H and O–H groups in total. The zero-order valence-electron chi connectivity index (χ0n) is 7.74. The summed E-state index contributed by atoms with van der Waals surface area (Å²) in [6, 6.07) is 5.26. The summed E-state index contributed by atoms with van der Waals surface area (Å²) in [5.41, 5.74) is 0. The van der Waals surface area contributed by atoms with Gasteiger partial charge in [0.2, 0.25) is 0 Å². The molecule has 0 radical (unpaired) electrons. The van der Waals surface area contributed by atoms with Gasteiger partial charge in [-0.2, -0.15) is 0 Å². The molecule has 0 bridgehead atoms. The number of benzene rings is 1. The largest absolute Gasteiger partial charge is 0.479 e. The molecule has 0 heterocycles. The van der Waals surface area contributed by atoms with Crippen molar-refractivity contribution in [3.8, 4) is 5.75 Å². The number of carboxylic acids is 1. The van der Waals surface area contributed by atoms with Crippen molar-refractivity contribution in [3.05, 3.63) is 30.1 Å². The quantitative estimate of drug-likeness (QED) is 0.805. The van der Waals surface area contributed by atoms with Crippen molar-refractivity contribution in [3.63, 3.8) is 0 Å². The van der Waals surface area contributed by atoms with E-state index < -0.39 is 12.1 Å². The first-order valence-electron chi connectivity index (χ1n) is 4.28. The number of hydrogen-bond acceptors (Lipinski definition) is 2. The van der Waals surface area contributed by atoms with Crippen molar-refractivity contribution in [2.24, 2.45) is 0 Å². The second-order valence-electron chi connectivity index (χ2n) is 2.81. The highest BCUT2D eigenvalue weighted by molar-refractivity contribution is 5.72. The molecule has 1 aromatic rings. The van der Waals surface area contributed by atoms with Crippen molar-refractivity contribution in [1.82, 2.24) is 0 Å². The molecule has 14 heavy (non-hydrogen) atoms. The summed E-state index contributed by atoms with van der Waals surface area (Å²) in [5.74, 6) is -1.03. The third kappa shape index (κ3) is 2.73. The Labute approximate surface area is 81.1 Å². The SMILES string of the molecule is CC[C@@H](Oc1ccc(F)cc1)C(=O)O. The predicted octanol–water partition coefficient (Wildman–Crippen LogP) is 2.07. The van der Waals surface area contributed by atoms with E-state index in [4.69, 9.17) is 9.84 Å². The van der Waals surface area contributed by atoms with Crippen LogP contribution < -0.4 is 4.74 Å². The van der Waals surface area contributed by atoms with Crippen molar-refractivity contribution in [2.45, 2.75) is 19.4 Å². The highest BCUT2D eigenvalue weighted by atomic mass is 19.1. The Hall–Kier alpha value is -1.58. The summed E-state index contributed by atoms with van der Waals surface area (Å²) in [6.07, 6.45) is -0.507. The molecule has 1 rings (SSSR count). The van der Waals surface area contributed by atoms with Gasteiger partial charge in [-0.1, -0.05) is 6.92 Å². The van der Waals surface area contributed by atoms with Gasteiger partial charge in [-0.3, -0.25) is 0 Å². The van der Waals surface area contributed by atoms with Gasteiger partial charge in [0.05, 0.1) is 0 Å². The van der Waals surface area contributed by atoms with Crippen molar-refractivity contribution >= 4 is 5.97 Å². The molecule has 1 atom stereocenters. The Kier molecular flexibility index (Phi) is 3.45. The zero-order chi connectivity index (χ0) is 10.6. The summed E-state index contributed by atoms with van der Waals surface area (Å²) >= 11 is 0. The van der Waals surface area contributed by atoms with Crippen molar-refractivity contribution < 1.29 is 19.0 Å². The minimum absolute atomic E-state index is 0.362. The summed E-state index contributed by atoms with van der Waals surface area (Å²) in [7, 11) is 0. The highest BCUT2D eigenvalue weighted by Gasteiger charge is 2.16. The van der Waals surface area contributed by atoms with Crippen LogP contribution in [0, 0.1) is 5.82 Å². The molecule has 76 valence electrons. The monoisotopic (exact) mass is 198 g/mol. The molecule has 0 aliphatic carbocycles. The second-order valence-corrected chi connectivity index (χ2v) is 2.81. The molecule has 0 aliphatic heterocycles. The third-order valence-electron chi connectivity index (χ3n) is 1.74. The Bertz CT molecular complexity index is 308. The van der Waals surface area contributed by atoms with E-state index in [1.54, 1.807) is 6.92 Å². The minimum atomic E-state index is -1.02. The Morgan fingerprint density at radius 3 is 2.50 bits per heavy atom. The van der Waals surface area contributed by atoms with Crippen LogP contribution in [0.2, 0.25) is 0 Å². The molecular formula is C10H11FO3. The standard InChI is InChI=1S/C10H11FO3/c1-2-9(10(12)13)14-8-5-3-7(11)4-6-8/h3-6,9H,2H2,1H3,(H,12,13)/t9-/m1/s1. The Morgan fingerprint density at radius 1 is 1.50 bits per heavy atom. The first-order chi connectivity index (χ1) is 6.63. The number of halogens is 1. The van der Waals surface area contributed by atoms with Crippen LogP contribution in [0.1, 0.15) is 13.3 Å². The van der Waals surface area contributed by atoms with E-state index in [1.165, 1.54) is 24.3 Å². The predicted molar refractivity (Wildman–Crippen MR) is 48.7 cm³/mol. The maximum absolute atomic E-state index is 12.5. The zero-order valence-corrected chi connectivity index (χ0v) is 7.74. The normalized spacial score (nSPS) is 12.1. The Morgan fingerprint density at radius 2 is 2.07 bits per heavy atom. The van der Waals surface area contributed by atoms with E-state index in [-0.39, 0.29) is 5.82 Å². The van der Waals surface area contributed by atoms with E-state index in [9.17, 15) is 9.18 Å². The lowest BCUT2D eigenvalue weighted by molar-refractivity contribution is -0.145. The number of carbonyl (C=O) groups is 1. The van der Waals surface area contributed by atoms with Crippen molar-refractivity contribution in [1.29, 1.82) is 0 Å². The molecule has 0 aromatic heterocycles. The summed E-state index contributed by atoms with van der Waals surface area (Å²) in [4.78, 5) is 10.6. The molecule has 0 saturated heterocycles. The molecule has 0 spiro atoms. The van der Waals surface area contributed by atoms with Crippen molar-refractivity contribution in [2.75, 3.05) is 0 Å². The van der Waals surface area contributed by atoms with Gasteiger partial charge in [0.1, 0.15) is 11.6 Å². The maximum atomic E-state index is 12.5. The minimum Gasteiger partial charge on any atom is -0.479 e. The fraction of sp³-hybridized carbons (Fsp3) is 0.300. The van der Waals surface area contributed by atoms with Crippen LogP contribution in [0.25, 0.3) is 0 Å². The van der Waals surface area contributed by atoms with Crippen LogP contribution in [0.3, 0.4) is 0 Å². The van der Waals surface area contributed by atoms with Crippen LogP contribution in [-0.4, -0.2) is 17.2 Å². The lowest BCUT2D eigenvalue weighted by Crippen LogP contribution is -2.25. The summed E-state index contributed by atoms with van der Waals surface area (Å²) in [6.45, 7) is 1.71. The molecule has 0 fully saturated rings. The molecular weight excluding hydrogens is 187 g/mol. The topological polar surface area (TPSA) is 46.5 Å². The fourth-order valence-electron chi connectivity index (χ4n) is 0.986. The average molecular weight is 198 g/mol. The van der Waals surface area contributed by atoms with Gasteiger partial charge in [0, 0.05) is 0 Å². The summed E-state index contributed by atoms with van der Waals surface area (Å²) in [5, 5.41) is 8.69.